The van der Waals surface area contributed by atoms with Crippen LogP contribution in [0.15, 0.2) is 29.2 Å². The van der Waals surface area contributed by atoms with E-state index in [1.807, 2.05) is 0 Å². The molecule has 7 heteroatoms. The second-order valence-electron chi connectivity index (χ2n) is 4.86. The number of sulfonamides is 1. The minimum atomic E-state index is -3.53. The quantitative estimate of drug-likeness (QED) is 0.729. The van der Waals surface area contributed by atoms with Gasteiger partial charge in [0, 0.05) is 6.04 Å². The Morgan fingerprint density at radius 3 is 2.40 bits per heavy atom. The SMILES string of the molecule is O=C(O)Cc1ccc(S(=O)(=O)NC2CCNCC2)cc1. The van der Waals surface area contributed by atoms with Crippen LogP contribution in [0, 0.1) is 0 Å². The average Bonchev–Trinajstić information content (AvgIpc) is 2.39. The summed E-state index contributed by atoms with van der Waals surface area (Å²) in [6.07, 6.45) is 1.44. The van der Waals surface area contributed by atoms with Crippen LogP contribution in [0.5, 0.6) is 0 Å². The Kier molecular flexibility index (Phi) is 4.74. The fraction of sp³-hybridized carbons (Fsp3) is 0.462. The third-order valence-electron chi connectivity index (χ3n) is 3.25. The van der Waals surface area contributed by atoms with Crippen LogP contribution in [-0.2, 0) is 21.2 Å². The van der Waals surface area contributed by atoms with Gasteiger partial charge in [-0.2, -0.15) is 0 Å². The van der Waals surface area contributed by atoms with E-state index in [-0.39, 0.29) is 17.4 Å². The van der Waals surface area contributed by atoms with Gasteiger partial charge in [-0.15, -0.1) is 0 Å². The van der Waals surface area contributed by atoms with Gasteiger partial charge in [-0.25, -0.2) is 13.1 Å². The second kappa shape index (κ2) is 6.34. The van der Waals surface area contributed by atoms with Crippen molar-refractivity contribution in [2.45, 2.75) is 30.2 Å². The predicted octanol–water partition coefficient (Wildman–Crippen LogP) is 0.344. The number of nitrogens with one attached hydrogen (secondary N) is 2. The zero-order valence-electron chi connectivity index (χ0n) is 11.0. The number of carboxylic acid groups (broad SMARTS) is 1. The summed E-state index contributed by atoms with van der Waals surface area (Å²) < 4.78 is 27.1. The lowest BCUT2D eigenvalue weighted by Crippen LogP contribution is -2.42. The van der Waals surface area contributed by atoms with Gasteiger partial charge in [0.2, 0.25) is 10.0 Å². The topological polar surface area (TPSA) is 95.5 Å². The lowest BCUT2D eigenvalue weighted by molar-refractivity contribution is -0.136. The van der Waals surface area contributed by atoms with Crippen molar-refractivity contribution in [2.75, 3.05) is 13.1 Å². The maximum Gasteiger partial charge on any atom is 0.307 e. The molecule has 1 saturated heterocycles. The van der Waals surface area contributed by atoms with Crippen molar-refractivity contribution < 1.29 is 18.3 Å². The molecule has 1 aromatic rings. The Morgan fingerprint density at radius 1 is 1.25 bits per heavy atom. The highest BCUT2D eigenvalue weighted by atomic mass is 32.2. The summed E-state index contributed by atoms with van der Waals surface area (Å²) >= 11 is 0. The lowest BCUT2D eigenvalue weighted by Gasteiger charge is -2.23. The predicted molar refractivity (Wildman–Crippen MR) is 74.0 cm³/mol. The van der Waals surface area contributed by atoms with E-state index in [0.29, 0.717) is 5.56 Å². The standard InChI is InChI=1S/C13H18N2O4S/c16-13(17)9-10-1-3-12(4-2-10)20(18,19)15-11-5-7-14-8-6-11/h1-4,11,14-15H,5-9H2,(H,16,17). The van der Waals surface area contributed by atoms with Crippen molar-refractivity contribution >= 4 is 16.0 Å². The number of benzene rings is 1. The summed E-state index contributed by atoms with van der Waals surface area (Å²) in [7, 11) is -3.53. The average molecular weight is 298 g/mol. The van der Waals surface area contributed by atoms with Crippen LogP contribution in [0.1, 0.15) is 18.4 Å². The van der Waals surface area contributed by atoms with Crippen molar-refractivity contribution in [2.24, 2.45) is 0 Å². The van der Waals surface area contributed by atoms with Crippen molar-refractivity contribution in [3.63, 3.8) is 0 Å². The van der Waals surface area contributed by atoms with E-state index in [1.54, 1.807) is 0 Å². The number of rotatable bonds is 5. The number of hydrogen-bond acceptors (Lipinski definition) is 4. The van der Waals surface area contributed by atoms with E-state index in [4.69, 9.17) is 5.11 Å². The van der Waals surface area contributed by atoms with Crippen molar-refractivity contribution in [1.82, 2.24) is 10.0 Å². The molecule has 20 heavy (non-hydrogen) atoms. The minimum absolute atomic E-state index is 0.0417. The first-order chi connectivity index (χ1) is 9.47. The van der Waals surface area contributed by atoms with Gasteiger partial charge in [0.15, 0.2) is 0 Å². The summed E-state index contributed by atoms with van der Waals surface area (Å²) in [6, 6.07) is 5.92. The molecule has 1 fully saturated rings. The fourth-order valence-corrected chi connectivity index (χ4v) is 3.49. The molecule has 0 aliphatic carbocycles. The maximum absolute atomic E-state index is 12.2. The first kappa shape index (κ1) is 15.0. The molecule has 0 spiro atoms. The van der Waals surface area contributed by atoms with Gasteiger partial charge in [0.05, 0.1) is 11.3 Å². The van der Waals surface area contributed by atoms with E-state index in [2.05, 4.69) is 10.0 Å². The van der Waals surface area contributed by atoms with Gasteiger partial charge in [0.25, 0.3) is 0 Å². The number of piperidine rings is 1. The lowest BCUT2D eigenvalue weighted by atomic mass is 10.1. The smallest absolute Gasteiger partial charge is 0.307 e. The molecule has 110 valence electrons. The Labute approximate surface area is 118 Å². The summed E-state index contributed by atoms with van der Waals surface area (Å²) in [6.45, 7) is 1.62. The molecular formula is C13H18N2O4S. The molecule has 0 atom stereocenters. The molecule has 2 rings (SSSR count). The van der Waals surface area contributed by atoms with Gasteiger partial charge < -0.3 is 10.4 Å². The number of carboxylic acids is 1. The molecule has 1 aliphatic rings. The Hall–Kier alpha value is -1.44. The zero-order valence-corrected chi connectivity index (χ0v) is 11.8. The van der Waals surface area contributed by atoms with Gasteiger partial charge >= 0.3 is 5.97 Å². The molecule has 0 radical (unpaired) electrons. The number of hydrogen-bond donors (Lipinski definition) is 3. The molecule has 1 heterocycles. The minimum Gasteiger partial charge on any atom is -0.481 e. The van der Waals surface area contributed by atoms with E-state index in [0.717, 1.165) is 25.9 Å². The van der Waals surface area contributed by atoms with Crippen LogP contribution in [0.2, 0.25) is 0 Å². The van der Waals surface area contributed by atoms with Gasteiger partial charge in [-0.3, -0.25) is 4.79 Å². The molecule has 6 nitrogen and oxygen atoms in total. The normalized spacial score (nSPS) is 17.0. The summed E-state index contributed by atoms with van der Waals surface area (Å²) in [4.78, 5) is 10.7. The molecule has 1 aromatic carbocycles. The Balaban J connectivity index is 2.06. The fourth-order valence-electron chi connectivity index (χ4n) is 2.19. The molecule has 0 bridgehead atoms. The molecule has 3 N–H and O–H groups in total. The van der Waals surface area contributed by atoms with Crippen LogP contribution < -0.4 is 10.0 Å². The monoisotopic (exact) mass is 298 g/mol. The van der Waals surface area contributed by atoms with Crippen LogP contribution in [0.3, 0.4) is 0 Å². The van der Waals surface area contributed by atoms with E-state index in [9.17, 15) is 13.2 Å². The first-order valence-corrected chi connectivity index (χ1v) is 7.99. The highest BCUT2D eigenvalue weighted by molar-refractivity contribution is 7.89. The molecular weight excluding hydrogens is 280 g/mol. The number of aliphatic carboxylic acids is 1. The second-order valence-corrected chi connectivity index (χ2v) is 6.57. The third-order valence-corrected chi connectivity index (χ3v) is 4.79. The van der Waals surface area contributed by atoms with E-state index in [1.165, 1.54) is 24.3 Å². The summed E-state index contributed by atoms with van der Waals surface area (Å²) in [5, 5.41) is 11.9. The van der Waals surface area contributed by atoms with Gasteiger partial charge in [0.1, 0.15) is 0 Å². The summed E-state index contributed by atoms with van der Waals surface area (Å²) in [5.74, 6) is -0.937. The van der Waals surface area contributed by atoms with Crippen molar-refractivity contribution in [1.29, 1.82) is 0 Å². The zero-order chi connectivity index (χ0) is 14.6. The van der Waals surface area contributed by atoms with Crippen molar-refractivity contribution in [3.05, 3.63) is 29.8 Å². The maximum atomic E-state index is 12.2. The van der Waals surface area contributed by atoms with Gasteiger partial charge in [-0.05, 0) is 43.6 Å². The molecule has 0 saturated carbocycles. The number of carbonyl (C=O) groups is 1. The van der Waals surface area contributed by atoms with E-state index < -0.39 is 16.0 Å². The molecule has 0 amide bonds. The molecule has 0 unspecified atom stereocenters. The van der Waals surface area contributed by atoms with Crippen LogP contribution in [0.25, 0.3) is 0 Å². The highest BCUT2D eigenvalue weighted by Crippen LogP contribution is 2.13. The third kappa shape index (κ3) is 4.03. The highest BCUT2D eigenvalue weighted by Gasteiger charge is 2.21. The largest absolute Gasteiger partial charge is 0.481 e. The van der Waals surface area contributed by atoms with E-state index >= 15 is 0 Å². The van der Waals surface area contributed by atoms with Crippen LogP contribution >= 0.6 is 0 Å². The Bertz CT molecular complexity index is 563. The van der Waals surface area contributed by atoms with Crippen LogP contribution in [0.4, 0.5) is 0 Å². The Morgan fingerprint density at radius 2 is 1.85 bits per heavy atom. The first-order valence-electron chi connectivity index (χ1n) is 6.51. The van der Waals surface area contributed by atoms with Crippen LogP contribution in [-0.4, -0.2) is 38.6 Å². The molecule has 1 aliphatic heterocycles. The summed E-state index contributed by atoms with van der Waals surface area (Å²) in [5.41, 5.74) is 0.582. The van der Waals surface area contributed by atoms with Gasteiger partial charge in [-0.1, -0.05) is 12.1 Å². The molecule has 0 aromatic heterocycles. The van der Waals surface area contributed by atoms with Crippen molar-refractivity contribution in [3.8, 4) is 0 Å².